The summed E-state index contributed by atoms with van der Waals surface area (Å²) < 4.78 is 11.5. The van der Waals surface area contributed by atoms with Crippen LogP contribution in [0.2, 0.25) is 0 Å². The zero-order valence-electron chi connectivity index (χ0n) is 15.6. The lowest BCUT2D eigenvalue weighted by molar-refractivity contribution is 0.0667. The molecule has 0 saturated carbocycles. The van der Waals surface area contributed by atoms with E-state index in [1.54, 1.807) is 11.0 Å². The molecule has 0 unspecified atom stereocenters. The summed E-state index contributed by atoms with van der Waals surface area (Å²) in [6.45, 7) is 6.30. The fourth-order valence-electron chi connectivity index (χ4n) is 3.21. The van der Waals surface area contributed by atoms with Crippen LogP contribution >= 0.6 is 12.4 Å². The molecule has 3 rings (SSSR count). The molecular weight excluding hydrogens is 352 g/mol. The van der Waals surface area contributed by atoms with Crippen LogP contribution in [0.3, 0.4) is 0 Å². The second kappa shape index (κ2) is 9.10. The zero-order chi connectivity index (χ0) is 17.8. The van der Waals surface area contributed by atoms with Gasteiger partial charge in [0.25, 0.3) is 5.91 Å². The van der Waals surface area contributed by atoms with Crippen molar-refractivity contribution in [3.8, 4) is 5.75 Å². The van der Waals surface area contributed by atoms with E-state index >= 15 is 0 Å². The Morgan fingerprint density at radius 3 is 2.65 bits per heavy atom. The number of ether oxygens (including phenoxy) is 1. The fraction of sp³-hybridized carbons (Fsp3) is 0.450. The molecular formula is C20H27ClN2O3. The van der Waals surface area contributed by atoms with Crippen LogP contribution in [0.25, 0.3) is 0 Å². The van der Waals surface area contributed by atoms with Gasteiger partial charge in [-0.15, -0.1) is 12.4 Å². The van der Waals surface area contributed by atoms with Crippen LogP contribution in [0.5, 0.6) is 5.75 Å². The van der Waals surface area contributed by atoms with Crippen molar-refractivity contribution in [2.75, 3.05) is 20.1 Å². The summed E-state index contributed by atoms with van der Waals surface area (Å²) in [4.78, 5) is 14.4. The van der Waals surface area contributed by atoms with Gasteiger partial charge in [0.2, 0.25) is 0 Å². The first-order valence-electron chi connectivity index (χ1n) is 8.81. The van der Waals surface area contributed by atoms with Gasteiger partial charge >= 0.3 is 0 Å². The molecule has 0 aliphatic carbocycles. The number of nitrogens with zero attached hydrogens (tertiary/aromatic N) is 1. The van der Waals surface area contributed by atoms with Gasteiger partial charge in [-0.25, -0.2) is 0 Å². The molecule has 5 nitrogen and oxygen atoms in total. The molecule has 0 spiro atoms. The van der Waals surface area contributed by atoms with Crippen LogP contribution in [0.1, 0.15) is 40.3 Å². The van der Waals surface area contributed by atoms with Crippen LogP contribution in [0.4, 0.5) is 0 Å². The Kier molecular flexibility index (Phi) is 7.12. The van der Waals surface area contributed by atoms with E-state index in [2.05, 4.69) is 18.3 Å². The van der Waals surface area contributed by atoms with Crippen LogP contribution in [-0.4, -0.2) is 37.0 Å². The molecule has 0 bridgehead atoms. The molecule has 0 radical (unpaired) electrons. The number of carbonyl (C=O) groups is 1. The Balaban J connectivity index is 0.00000243. The maximum absolute atomic E-state index is 12.6. The van der Waals surface area contributed by atoms with Crippen molar-refractivity contribution in [1.82, 2.24) is 10.2 Å². The third-order valence-electron chi connectivity index (χ3n) is 4.75. The van der Waals surface area contributed by atoms with Crippen molar-refractivity contribution in [2.24, 2.45) is 0 Å². The van der Waals surface area contributed by atoms with Crippen LogP contribution in [-0.2, 0) is 6.61 Å². The molecule has 2 aromatic rings. The van der Waals surface area contributed by atoms with E-state index in [0.29, 0.717) is 18.1 Å². The monoisotopic (exact) mass is 378 g/mol. The number of piperidine rings is 1. The first-order chi connectivity index (χ1) is 12.0. The van der Waals surface area contributed by atoms with Gasteiger partial charge in [0.05, 0.1) is 0 Å². The van der Waals surface area contributed by atoms with Crippen molar-refractivity contribution in [3.63, 3.8) is 0 Å². The molecule has 26 heavy (non-hydrogen) atoms. The SMILES string of the molecule is Cc1ccc(OCc2ccc(C(=O)N(C)C3CCNCC3)o2)c(C)c1.Cl. The number of amides is 1. The van der Waals surface area contributed by atoms with Crippen molar-refractivity contribution in [2.45, 2.75) is 39.3 Å². The van der Waals surface area contributed by atoms with Crippen LogP contribution in [0, 0.1) is 13.8 Å². The molecule has 1 aliphatic rings. The molecule has 1 saturated heterocycles. The number of furan rings is 1. The Morgan fingerprint density at radius 1 is 1.23 bits per heavy atom. The average Bonchev–Trinajstić information content (AvgIpc) is 3.09. The van der Waals surface area contributed by atoms with Gasteiger partial charge in [-0.05, 0) is 63.5 Å². The van der Waals surface area contributed by atoms with E-state index in [4.69, 9.17) is 9.15 Å². The van der Waals surface area contributed by atoms with Gasteiger partial charge in [0.15, 0.2) is 5.76 Å². The second-order valence-corrected chi connectivity index (χ2v) is 6.72. The maximum Gasteiger partial charge on any atom is 0.289 e. The number of nitrogens with one attached hydrogen (secondary N) is 1. The second-order valence-electron chi connectivity index (χ2n) is 6.72. The number of rotatable bonds is 5. The molecule has 1 amide bonds. The number of benzene rings is 1. The Bertz CT molecular complexity index is 738. The fourth-order valence-corrected chi connectivity index (χ4v) is 3.21. The summed E-state index contributed by atoms with van der Waals surface area (Å²) in [6.07, 6.45) is 1.96. The van der Waals surface area contributed by atoms with Gasteiger partial charge in [0, 0.05) is 13.1 Å². The Labute approximate surface area is 161 Å². The summed E-state index contributed by atoms with van der Waals surface area (Å²) in [5.41, 5.74) is 2.30. The smallest absolute Gasteiger partial charge is 0.289 e. The number of hydrogen-bond donors (Lipinski definition) is 1. The largest absolute Gasteiger partial charge is 0.485 e. The molecule has 1 aliphatic heterocycles. The van der Waals surface area contributed by atoms with E-state index < -0.39 is 0 Å². The maximum atomic E-state index is 12.6. The molecule has 1 fully saturated rings. The third-order valence-corrected chi connectivity index (χ3v) is 4.75. The van der Waals surface area contributed by atoms with Crippen LogP contribution < -0.4 is 10.1 Å². The topological polar surface area (TPSA) is 54.7 Å². The first kappa shape index (κ1) is 20.3. The van der Waals surface area contributed by atoms with Gasteiger partial charge < -0.3 is 19.4 Å². The standard InChI is InChI=1S/C20H26N2O3.ClH/c1-14-4-6-18(15(2)12-14)24-13-17-5-7-19(25-17)20(23)22(3)16-8-10-21-11-9-16;/h4-7,12,16,21H,8-11,13H2,1-3H3;1H. The minimum Gasteiger partial charge on any atom is -0.485 e. The van der Waals surface area contributed by atoms with Gasteiger partial charge in [0.1, 0.15) is 18.1 Å². The highest BCUT2D eigenvalue weighted by Crippen LogP contribution is 2.21. The molecule has 1 aromatic carbocycles. The summed E-state index contributed by atoms with van der Waals surface area (Å²) in [6, 6.07) is 9.89. The average molecular weight is 379 g/mol. The molecule has 142 valence electrons. The molecule has 6 heteroatoms. The van der Waals surface area contributed by atoms with Gasteiger partial charge in [-0.3, -0.25) is 4.79 Å². The molecule has 1 aromatic heterocycles. The highest BCUT2D eigenvalue weighted by atomic mass is 35.5. The summed E-state index contributed by atoms with van der Waals surface area (Å²) in [5.74, 6) is 1.80. The molecule has 2 heterocycles. The lowest BCUT2D eigenvalue weighted by Crippen LogP contribution is -2.43. The van der Waals surface area contributed by atoms with Crippen molar-refractivity contribution >= 4 is 18.3 Å². The number of halogens is 1. The predicted octanol–water partition coefficient (Wildman–Crippen LogP) is 3.72. The lowest BCUT2D eigenvalue weighted by Gasteiger charge is -2.31. The quantitative estimate of drug-likeness (QED) is 0.861. The van der Waals surface area contributed by atoms with E-state index in [9.17, 15) is 4.79 Å². The zero-order valence-corrected chi connectivity index (χ0v) is 16.4. The minimum atomic E-state index is -0.0651. The predicted molar refractivity (Wildman–Crippen MR) is 104 cm³/mol. The Hall–Kier alpha value is -1.98. The summed E-state index contributed by atoms with van der Waals surface area (Å²) in [7, 11) is 1.85. The number of aryl methyl sites for hydroxylation is 2. The highest BCUT2D eigenvalue weighted by molar-refractivity contribution is 5.91. The Morgan fingerprint density at radius 2 is 1.96 bits per heavy atom. The van der Waals surface area contributed by atoms with Crippen molar-refractivity contribution < 1.29 is 13.9 Å². The van der Waals surface area contributed by atoms with E-state index in [1.807, 2.05) is 32.2 Å². The summed E-state index contributed by atoms with van der Waals surface area (Å²) >= 11 is 0. The summed E-state index contributed by atoms with van der Waals surface area (Å²) in [5, 5.41) is 3.31. The molecule has 0 atom stereocenters. The van der Waals surface area contributed by atoms with Crippen molar-refractivity contribution in [3.05, 3.63) is 53.0 Å². The lowest BCUT2D eigenvalue weighted by atomic mass is 10.1. The van der Waals surface area contributed by atoms with E-state index in [-0.39, 0.29) is 24.4 Å². The van der Waals surface area contributed by atoms with Gasteiger partial charge in [-0.2, -0.15) is 0 Å². The van der Waals surface area contributed by atoms with Crippen molar-refractivity contribution in [1.29, 1.82) is 0 Å². The van der Waals surface area contributed by atoms with E-state index in [0.717, 1.165) is 37.2 Å². The highest BCUT2D eigenvalue weighted by Gasteiger charge is 2.24. The van der Waals surface area contributed by atoms with Crippen LogP contribution in [0.15, 0.2) is 34.7 Å². The molecule has 1 N–H and O–H groups in total. The van der Waals surface area contributed by atoms with E-state index in [1.165, 1.54) is 5.56 Å². The number of hydrogen-bond acceptors (Lipinski definition) is 4. The third kappa shape index (κ3) is 4.80. The first-order valence-corrected chi connectivity index (χ1v) is 8.81. The minimum absolute atomic E-state index is 0. The van der Waals surface area contributed by atoms with Gasteiger partial charge in [-0.1, -0.05) is 17.7 Å². The number of carbonyl (C=O) groups excluding carboxylic acids is 1. The normalized spacial score (nSPS) is 14.6.